The molecule has 0 fully saturated rings. The second-order valence-electron chi connectivity index (χ2n) is 3.74. The lowest BCUT2D eigenvalue weighted by Crippen LogP contribution is -2.06. The maximum Gasteiger partial charge on any atom is 0.358 e. The number of carbonyl (C=O) groups is 1. The van der Waals surface area contributed by atoms with E-state index in [0.717, 1.165) is 11.3 Å². The normalized spacial score (nSPS) is 10.5. The van der Waals surface area contributed by atoms with Crippen LogP contribution in [0, 0.1) is 6.92 Å². The fourth-order valence-corrected chi connectivity index (χ4v) is 1.78. The second-order valence-corrected chi connectivity index (χ2v) is 3.74. The van der Waals surface area contributed by atoms with Gasteiger partial charge in [0.15, 0.2) is 5.69 Å². The molecular formula is C12H13N3O2. The number of aromatic nitrogens is 3. The molecule has 2 rings (SSSR count). The van der Waals surface area contributed by atoms with Crippen LogP contribution in [0.5, 0.6) is 0 Å². The molecule has 5 nitrogen and oxygen atoms in total. The van der Waals surface area contributed by atoms with E-state index < -0.39 is 5.97 Å². The van der Waals surface area contributed by atoms with Gasteiger partial charge in [0.2, 0.25) is 0 Å². The maximum atomic E-state index is 11.0. The first-order valence-electron chi connectivity index (χ1n) is 5.39. The Labute approximate surface area is 98.7 Å². The predicted molar refractivity (Wildman–Crippen MR) is 62.4 cm³/mol. The van der Waals surface area contributed by atoms with Gasteiger partial charge in [-0.05, 0) is 25.0 Å². The van der Waals surface area contributed by atoms with Crippen LogP contribution in [-0.2, 0) is 6.42 Å². The summed E-state index contributed by atoms with van der Waals surface area (Å²) in [6.45, 7) is 3.84. The standard InChI is InChI=1S/C12H13N3O2/c1-3-9-11(12(16)17)13-14-15(9)10-7-5-4-6-8(10)2/h4-7H,3H2,1-2H3,(H,16,17). The summed E-state index contributed by atoms with van der Waals surface area (Å²) in [5.74, 6) is -1.04. The minimum Gasteiger partial charge on any atom is -0.476 e. The van der Waals surface area contributed by atoms with Crippen LogP contribution in [0.1, 0.15) is 28.7 Å². The third-order valence-electron chi connectivity index (χ3n) is 2.64. The number of rotatable bonds is 3. The Morgan fingerprint density at radius 2 is 2.12 bits per heavy atom. The zero-order valence-electron chi connectivity index (χ0n) is 9.71. The van der Waals surface area contributed by atoms with Crippen LogP contribution in [0.3, 0.4) is 0 Å². The van der Waals surface area contributed by atoms with Crippen LogP contribution >= 0.6 is 0 Å². The quantitative estimate of drug-likeness (QED) is 0.875. The molecule has 2 aromatic rings. The smallest absolute Gasteiger partial charge is 0.358 e. The number of para-hydroxylation sites is 1. The van der Waals surface area contributed by atoms with Crippen molar-refractivity contribution in [3.05, 3.63) is 41.2 Å². The molecule has 0 unspecified atom stereocenters. The summed E-state index contributed by atoms with van der Waals surface area (Å²) in [4.78, 5) is 11.0. The molecule has 17 heavy (non-hydrogen) atoms. The molecule has 0 saturated carbocycles. The van der Waals surface area contributed by atoms with Crippen LogP contribution in [0.25, 0.3) is 5.69 Å². The second kappa shape index (κ2) is 4.37. The van der Waals surface area contributed by atoms with Crippen molar-refractivity contribution >= 4 is 5.97 Å². The van der Waals surface area contributed by atoms with Gasteiger partial charge in [-0.15, -0.1) is 5.10 Å². The van der Waals surface area contributed by atoms with Crippen molar-refractivity contribution in [3.8, 4) is 5.69 Å². The lowest BCUT2D eigenvalue weighted by Gasteiger charge is -2.07. The van der Waals surface area contributed by atoms with Gasteiger partial charge < -0.3 is 5.11 Å². The maximum absolute atomic E-state index is 11.0. The van der Waals surface area contributed by atoms with E-state index >= 15 is 0 Å². The Bertz CT molecular complexity index is 561. The Hall–Kier alpha value is -2.17. The van der Waals surface area contributed by atoms with Crippen LogP contribution in [0.2, 0.25) is 0 Å². The molecule has 0 saturated heterocycles. The lowest BCUT2D eigenvalue weighted by atomic mass is 10.2. The van der Waals surface area contributed by atoms with E-state index in [9.17, 15) is 4.79 Å². The van der Waals surface area contributed by atoms with E-state index in [1.165, 1.54) is 0 Å². The van der Waals surface area contributed by atoms with Crippen molar-refractivity contribution in [3.63, 3.8) is 0 Å². The van der Waals surface area contributed by atoms with Crippen LogP contribution in [0.15, 0.2) is 24.3 Å². The van der Waals surface area contributed by atoms with E-state index in [2.05, 4.69) is 10.3 Å². The average molecular weight is 231 g/mol. The van der Waals surface area contributed by atoms with Crippen molar-refractivity contribution < 1.29 is 9.90 Å². The molecule has 0 aliphatic rings. The highest BCUT2D eigenvalue weighted by atomic mass is 16.4. The zero-order chi connectivity index (χ0) is 12.4. The van der Waals surface area contributed by atoms with Crippen LogP contribution in [0.4, 0.5) is 0 Å². The van der Waals surface area contributed by atoms with E-state index in [-0.39, 0.29) is 5.69 Å². The molecule has 1 aromatic carbocycles. The third kappa shape index (κ3) is 1.91. The van der Waals surface area contributed by atoms with Gasteiger partial charge >= 0.3 is 5.97 Å². The van der Waals surface area contributed by atoms with E-state index in [1.807, 2.05) is 38.1 Å². The van der Waals surface area contributed by atoms with Crippen molar-refractivity contribution in [2.24, 2.45) is 0 Å². The molecule has 1 aromatic heterocycles. The molecule has 0 aliphatic heterocycles. The van der Waals surface area contributed by atoms with Crippen LogP contribution < -0.4 is 0 Å². The Morgan fingerprint density at radius 3 is 2.71 bits per heavy atom. The number of carboxylic acid groups (broad SMARTS) is 1. The minimum atomic E-state index is -1.04. The number of benzene rings is 1. The number of carboxylic acids is 1. The van der Waals surface area contributed by atoms with Gasteiger partial charge in [-0.3, -0.25) is 0 Å². The molecule has 0 radical (unpaired) electrons. The highest BCUT2D eigenvalue weighted by molar-refractivity contribution is 5.86. The highest BCUT2D eigenvalue weighted by Gasteiger charge is 2.18. The summed E-state index contributed by atoms with van der Waals surface area (Å²) in [5.41, 5.74) is 2.54. The van der Waals surface area contributed by atoms with Crippen LogP contribution in [-0.4, -0.2) is 26.1 Å². The van der Waals surface area contributed by atoms with Gasteiger partial charge in [-0.1, -0.05) is 30.3 Å². The van der Waals surface area contributed by atoms with Gasteiger partial charge in [-0.2, -0.15) is 0 Å². The van der Waals surface area contributed by atoms with Gasteiger partial charge in [0.1, 0.15) is 0 Å². The number of hydrogen-bond donors (Lipinski definition) is 1. The Kier molecular flexibility index (Phi) is 2.91. The SMILES string of the molecule is CCc1c(C(=O)O)nnn1-c1ccccc1C. The molecule has 0 spiro atoms. The first-order valence-corrected chi connectivity index (χ1v) is 5.39. The molecule has 88 valence electrons. The predicted octanol–water partition coefficient (Wildman–Crippen LogP) is 1.84. The first-order chi connectivity index (χ1) is 8.15. The molecule has 1 heterocycles. The Balaban J connectivity index is 2.61. The number of aryl methyl sites for hydroxylation is 1. The number of hydrogen-bond acceptors (Lipinski definition) is 3. The summed E-state index contributed by atoms with van der Waals surface area (Å²) in [6.07, 6.45) is 0.572. The fraction of sp³-hybridized carbons (Fsp3) is 0.250. The zero-order valence-corrected chi connectivity index (χ0v) is 9.71. The summed E-state index contributed by atoms with van der Waals surface area (Å²) >= 11 is 0. The molecule has 0 amide bonds. The third-order valence-corrected chi connectivity index (χ3v) is 2.64. The van der Waals surface area contributed by atoms with E-state index in [0.29, 0.717) is 12.1 Å². The molecule has 0 aliphatic carbocycles. The summed E-state index contributed by atoms with van der Waals surface area (Å²) in [5, 5.41) is 16.7. The van der Waals surface area contributed by atoms with Gasteiger partial charge in [0.05, 0.1) is 11.4 Å². The number of aromatic carboxylic acids is 1. The average Bonchev–Trinajstić information content (AvgIpc) is 2.73. The largest absolute Gasteiger partial charge is 0.476 e. The van der Waals surface area contributed by atoms with Crippen molar-refractivity contribution in [2.45, 2.75) is 20.3 Å². The molecule has 0 atom stereocenters. The van der Waals surface area contributed by atoms with E-state index in [1.54, 1.807) is 4.68 Å². The lowest BCUT2D eigenvalue weighted by molar-refractivity contribution is 0.0689. The first kappa shape index (κ1) is 11.3. The highest BCUT2D eigenvalue weighted by Crippen LogP contribution is 2.17. The molecule has 0 bridgehead atoms. The molecular weight excluding hydrogens is 218 g/mol. The van der Waals surface area contributed by atoms with Gasteiger partial charge in [0.25, 0.3) is 0 Å². The number of nitrogens with zero attached hydrogens (tertiary/aromatic N) is 3. The van der Waals surface area contributed by atoms with Crippen molar-refractivity contribution in [1.82, 2.24) is 15.0 Å². The van der Waals surface area contributed by atoms with E-state index in [4.69, 9.17) is 5.11 Å². The summed E-state index contributed by atoms with van der Waals surface area (Å²) in [7, 11) is 0. The molecule has 5 heteroatoms. The fourth-order valence-electron chi connectivity index (χ4n) is 1.78. The van der Waals surface area contributed by atoms with Crippen molar-refractivity contribution in [2.75, 3.05) is 0 Å². The minimum absolute atomic E-state index is 0.0238. The summed E-state index contributed by atoms with van der Waals surface area (Å²) in [6, 6.07) is 7.68. The van der Waals surface area contributed by atoms with Crippen molar-refractivity contribution in [1.29, 1.82) is 0 Å². The summed E-state index contributed by atoms with van der Waals surface area (Å²) < 4.78 is 1.60. The Morgan fingerprint density at radius 1 is 1.41 bits per heavy atom. The van der Waals surface area contributed by atoms with Gasteiger partial charge in [0, 0.05) is 0 Å². The monoisotopic (exact) mass is 231 g/mol. The van der Waals surface area contributed by atoms with Gasteiger partial charge in [-0.25, -0.2) is 9.48 Å². The molecule has 1 N–H and O–H groups in total. The topological polar surface area (TPSA) is 68.0 Å².